The molecule has 9 heteroatoms. The number of hydrogen-bond donors (Lipinski definition) is 1. The third-order valence-corrected chi connectivity index (χ3v) is 7.49. The summed E-state index contributed by atoms with van der Waals surface area (Å²) in [7, 11) is 2.09. The van der Waals surface area contributed by atoms with Crippen LogP contribution in [-0.2, 0) is 11.0 Å². The van der Waals surface area contributed by atoms with E-state index in [4.69, 9.17) is 0 Å². The van der Waals surface area contributed by atoms with Gasteiger partial charge in [-0.2, -0.15) is 13.2 Å². The van der Waals surface area contributed by atoms with Gasteiger partial charge in [0.15, 0.2) is 0 Å². The molecule has 0 unspecified atom stereocenters. The van der Waals surface area contributed by atoms with Crippen molar-refractivity contribution in [2.45, 2.75) is 31.5 Å². The second-order valence-electron chi connectivity index (χ2n) is 10.1. The quantitative estimate of drug-likeness (QED) is 0.720. The summed E-state index contributed by atoms with van der Waals surface area (Å²) in [6, 6.07) is 6.10. The molecule has 0 spiro atoms. The molecule has 3 heterocycles. The van der Waals surface area contributed by atoms with E-state index in [9.17, 15) is 18.0 Å². The van der Waals surface area contributed by atoms with Gasteiger partial charge in [0, 0.05) is 62.6 Å². The number of piperazine rings is 1. The number of amides is 1. The standard InChI is InChI=1S/C25H32F3N5O/c1-31-9-11-32(12-10-31)16-23(34)30-19-13-18(17-4-5-17)14-33(15-19)22-7-6-21(25(26,27)28)24-20(22)3-2-8-29-24/h2-3,6-8,17-19H,4-5,9-16H2,1H3,(H,30,34)/t18-,19+/m1/s1. The number of nitrogens with one attached hydrogen (secondary N) is 1. The fourth-order valence-corrected chi connectivity index (χ4v) is 5.49. The Morgan fingerprint density at radius 2 is 1.85 bits per heavy atom. The monoisotopic (exact) mass is 475 g/mol. The van der Waals surface area contributed by atoms with Gasteiger partial charge in [-0.05, 0) is 62.4 Å². The Balaban J connectivity index is 1.35. The van der Waals surface area contributed by atoms with E-state index in [2.05, 4.69) is 32.0 Å². The van der Waals surface area contributed by atoms with Crippen molar-refractivity contribution in [2.75, 3.05) is 57.8 Å². The van der Waals surface area contributed by atoms with Crippen LogP contribution in [0.3, 0.4) is 0 Å². The van der Waals surface area contributed by atoms with E-state index in [0.717, 1.165) is 50.9 Å². The average molecular weight is 476 g/mol. The van der Waals surface area contributed by atoms with Gasteiger partial charge in [0.2, 0.25) is 5.91 Å². The molecule has 5 rings (SSSR count). The first kappa shape index (κ1) is 23.4. The van der Waals surface area contributed by atoms with Crippen LogP contribution in [0.25, 0.3) is 10.9 Å². The number of hydrogen-bond acceptors (Lipinski definition) is 5. The van der Waals surface area contributed by atoms with E-state index >= 15 is 0 Å². The van der Waals surface area contributed by atoms with Gasteiger partial charge < -0.3 is 15.1 Å². The molecule has 0 bridgehead atoms. The number of carbonyl (C=O) groups is 1. The molecule has 1 N–H and O–H groups in total. The van der Waals surface area contributed by atoms with Crippen molar-refractivity contribution in [2.24, 2.45) is 11.8 Å². The molecule has 2 saturated heterocycles. The predicted octanol–water partition coefficient (Wildman–Crippen LogP) is 3.22. The van der Waals surface area contributed by atoms with Crippen LogP contribution in [0.5, 0.6) is 0 Å². The van der Waals surface area contributed by atoms with Gasteiger partial charge in [-0.1, -0.05) is 0 Å². The van der Waals surface area contributed by atoms with E-state index in [1.165, 1.54) is 19.0 Å². The van der Waals surface area contributed by atoms with Gasteiger partial charge in [-0.15, -0.1) is 0 Å². The lowest BCUT2D eigenvalue weighted by molar-refractivity contribution is -0.136. The summed E-state index contributed by atoms with van der Waals surface area (Å²) in [5, 5.41) is 3.75. The molecule has 1 saturated carbocycles. The highest BCUT2D eigenvalue weighted by Crippen LogP contribution is 2.43. The number of likely N-dealkylation sites (N-methyl/N-ethyl adjacent to an activating group) is 1. The molecule has 1 amide bonds. The van der Waals surface area contributed by atoms with E-state index in [1.807, 2.05) is 0 Å². The minimum atomic E-state index is -4.46. The maximum atomic E-state index is 13.6. The molecular formula is C25H32F3N5O. The van der Waals surface area contributed by atoms with Crippen molar-refractivity contribution in [1.82, 2.24) is 20.1 Å². The first-order chi connectivity index (χ1) is 16.3. The lowest BCUT2D eigenvalue weighted by Crippen LogP contribution is -2.54. The number of piperidine rings is 1. The number of alkyl halides is 3. The van der Waals surface area contributed by atoms with Crippen LogP contribution in [0, 0.1) is 11.8 Å². The lowest BCUT2D eigenvalue weighted by Gasteiger charge is -2.40. The Kier molecular flexibility index (Phi) is 6.41. The summed E-state index contributed by atoms with van der Waals surface area (Å²) in [4.78, 5) is 23.5. The topological polar surface area (TPSA) is 51.7 Å². The number of pyridine rings is 1. The highest BCUT2D eigenvalue weighted by molar-refractivity contribution is 5.94. The maximum Gasteiger partial charge on any atom is 0.418 e. The van der Waals surface area contributed by atoms with E-state index in [1.54, 1.807) is 18.2 Å². The number of halogens is 3. The summed E-state index contributed by atoms with van der Waals surface area (Å²) in [5.41, 5.74) is 0.0381. The van der Waals surface area contributed by atoms with Crippen molar-refractivity contribution < 1.29 is 18.0 Å². The van der Waals surface area contributed by atoms with E-state index in [-0.39, 0.29) is 17.5 Å². The Hall–Kier alpha value is -2.39. The fraction of sp³-hybridized carbons (Fsp3) is 0.600. The van der Waals surface area contributed by atoms with Crippen LogP contribution in [0.15, 0.2) is 30.5 Å². The zero-order valence-electron chi connectivity index (χ0n) is 19.5. The van der Waals surface area contributed by atoms with Gasteiger partial charge in [0.25, 0.3) is 0 Å². The average Bonchev–Trinajstić information content (AvgIpc) is 3.64. The number of anilines is 1. The molecule has 1 aromatic carbocycles. The van der Waals surface area contributed by atoms with Crippen LogP contribution in [0.1, 0.15) is 24.8 Å². The largest absolute Gasteiger partial charge is 0.418 e. The number of benzene rings is 1. The second-order valence-corrected chi connectivity index (χ2v) is 10.1. The molecule has 2 atom stereocenters. The molecule has 184 valence electrons. The van der Waals surface area contributed by atoms with Crippen LogP contribution < -0.4 is 10.2 Å². The SMILES string of the molecule is CN1CCN(CC(=O)N[C@H]2C[C@@H](C3CC3)CN(c3ccc(C(F)(F)F)c4ncccc34)C2)CC1. The summed E-state index contributed by atoms with van der Waals surface area (Å²) in [6.45, 7) is 5.47. The van der Waals surface area contributed by atoms with Crippen molar-refractivity contribution >= 4 is 22.5 Å². The van der Waals surface area contributed by atoms with Crippen molar-refractivity contribution in [3.63, 3.8) is 0 Å². The zero-order valence-corrected chi connectivity index (χ0v) is 19.5. The van der Waals surface area contributed by atoms with E-state index < -0.39 is 11.7 Å². The maximum absolute atomic E-state index is 13.6. The smallest absolute Gasteiger partial charge is 0.369 e. The molecule has 1 aromatic heterocycles. The van der Waals surface area contributed by atoms with Gasteiger partial charge >= 0.3 is 6.18 Å². The van der Waals surface area contributed by atoms with Gasteiger partial charge in [-0.3, -0.25) is 14.7 Å². The summed E-state index contributed by atoms with van der Waals surface area (Å²) in [6.07, 6.45) is 0.257. The first-order valence-electron chi connectivity index (χ1n) is 12.2. The molecule has 34 heavy (non-hydrogen) atoms. The summed E-state index contributed by atoms with van der Waals surface area (Å²) in [5.74, 6) is 1.10. The fourth-order valence-electron chi connectivity index (χ4n) is 5.49. The molecular weight excluding hydrogens is 443 g/mol. The number of rotatable bonds is 5. The van der Waals surface area contributed by atoms with Crippen LogP contribution in [0.4, 0.5) is 18.9 Å². The Morgan fingerprint density at radius 1 is 1.09 bits per heavy atom. The normalized spacial score (nSPS) is 25.0. The van der Waals surface area contributed by atoms with Crippen molar-refractivity contribution in [3.8, 4) is 0 Å². The van der Waals surface area contributed by atoms with Gasteiger partial charge in [-0.25, -0.2) is 0 Å². The molecule has 6 nitrogen and oxygen atoms in total. The van der Waals surface area contributed by atoms with E-state index in [0.29, 0.717) is 30.3 Å². The van der Waals surface area contributed by atoms with Gasteiger partial charge in [0.1, 0.15) is 0 Å². The van der Waals surface area contributed by atoms with Crippen LogP contribution in [-0.4, -0.2) is 79.6 Å². The minimum absolute atomic E-state index is 0.0169. The summed E-state index contributed by atoms with van der Waals surface area (Å²) >= 11 is 0. The Morgan fingerprint density at radius 3 is 2.56 bits per heavy atom. The van der Waals surface area contributed by atoms with Gasteiger partial charge in [0.05, 0.1) is 17.6 Å². The third kappa shape index (κ3) is 5.15. The van der Waals surface area contributed by atoms with Crippen molar-refractivity contribution in [3.05, 3.63) is 36.0 Å². The summed E-state index contributed by atoms with van der Waals surface area (Å²) < 4.78 is 40.7. The Bertz CT molecular complexity index is 1030. The highest BCUT2D eigenvalue weighted by Gasteiger charge is 2.39. The number of aromatic nitrogens is 1. The second kappa shape index (κ2) is 9.34. The minimum Gasteiger partial charge on any atom is -0.369 e. The highest BCUT2D eigenvalue weighted by atomic mass is 19.4. The lowest BCUT2D eigenvalue weighted by atomic mass is 9.89. The van der Waals surface area contributed by atoms with Crippen LogP contribution in [0.2, 0.25) is 0 Å². The molecule has 0 radical (unpaired) electrons. The molecule has 2 aromatic rings. The zero-order chi connectivity index (χ0) is 23.9. The number of nitrogens with zero attached hydrogens (tertiary/aromatic N) is 4. The molecule has 3 aliphatic rings. The third-order valence-electron chi connectivity index (χ3n) is 7.49. The van der Waals surface area contributed by atoms with Crippen LogP contribution >= 0.6 is 0 Å². The molecule has 2 aliphatic heterocycles. The Labute approximate surface area is 198 Å². The number of carbonyl (C=O) groups excluding carboxylic acids is 1. The predicted molar refractivity (Wildman–Crippen MR) is 126 cm³/mol. The number of fused-ring (bicyclic) bond motifs is 1. The molecule has 3 fully saturated rings. The van der Waals surface area contributed by atoms with Crippen molar-refractivity contribution in [1.29, 1.82) is 0 Å². The molecule has 1 aliphatic carbocycles. The first-order valence-corrected chi connectivity index (χ1v) is 12.2.